The maximum atomic E-state index is 12.9. The Labute approximate surface area is 162 Å². The van der Waals surface area contributed by atoms with Crippen molar-refractivity contribution in [3.8, 4) is 0 Å². The van der Waals surface area contributed by atoms with Gasteiger partial charge in [-0.2, -0.15) is 13.2 Å². The molecule has 26 heavy (non-hydrogen) atoms. The van der Waals surface area contributed by atoms with Gasteiger partial charge in [-0.15, -0.1) is 0 Å². The van der Waals surface area contributed by atoms with E-state index >= 15 is 0 Å². The fraction of sp³-hybridized carbons (Fsp3) is 0.133. The van der Waals surface area contributed by atoms with Crippen LogP contribution in [0.1, 0.15) is 5.56 Å². The molecular weight excluding hydrogens is 438 g/mol. The second-order valence-electron chi connectivity index (χ2n) is 4.99. The fourth-order valence-corrected chi connectivity index (χ4v) is 4.40. The number of halogens is 6. The number of hydrogen-bond acceptors (Lipinski definition) is 3. The molecular formula is C15H9Cl3F3NO3S. The molecule has 2 rings (SSSR count). The van der Waals surface area contributed by atoms with E-state index in [1.54, 1.807) is 0 Å². The van der Waals surface area contributed by atoms with Crippen LogP contribution in [-0.2, 0) is 21.0 Å². The smallest absolute Gasteiger partial charge is 0.279 e. The molecule has 0 aromatic heterocycles. The number of benzene rings is 2. The molecule has 0 atom stereocenters. The van der Waals surface area contributed by atoms with Crippen LogP contribution in [0.3, 0.4) is 0 Å². The second-order valence-corrected chi connectivity index (χ2v) is 8.09. The van der Waals surface area contributed by atoms with Gasteiger partial charge in [0.25, 0.3) is 10.0 Å². The van der Waals surface area contributed by atoms with Crippen LogP contribution in [0.15, 0.2) is 47.4 Å². The summed E-state index contributed by atoms with van der Waals surface area (Å²) in [4.78, 5) is 10.8. The second kappa shape index (κ2) is 7.64. The van der Waals surface area contributed by atoms with Gasteiger partial charge in [0.05, 0.1) is 16.3 Å². The van der Waals surface area contributed by atoms with Crippen molar-refractivity contribution >= 4 is 55.8 Å². The van der Waals surface area contributed by atoms with Gasteiger partial charge in [-0.05, 0) is 48.0 Å². The zero-order chi connectivity index (χ0) is 19.7. The number of carbonyl (C=O) groups is 1. The lowest BCUT2D eigenvalue weighted by molar-refractivity contribution is -0.137. The number of hydrogen-bond donors (Lipinski definition) is 0. The highest BCUT2D eigenvalue weighted by Gasteiger charge is 2.33. The van der Waals surface area contributed by atoms with Gasteiger partial charge in [-0.1, -0.05) is 29.3 Å². The monoisotopic (exact) mass is 445 g/mol. The van der Waals surface area contributed by atoms with Crippen LogP contribution < -0.4 is 4.31 Å². The molecule has 0 saturated heterocycles. The minimum atomic E-state index is -4.70. The van der Waals surface area contributed by atoms with Crippen LogP contribution in [0.5, 0.6) is 0 Å². The zero-order valence-corrected chi connectivity index (χ0v) is 15.7. The summed E-state index contributed by atoms with van der Waals surface area (Å²) < 4.78 is 65.0. The Morgan fingerprint density at radius 2 is 1.73 bits per heavy atom. The summed E-state index contributed by atoms with van der Waals surface area (Å²) in [5, 5.41) is -1.27. The molecule has 0 spiro atoms. The van der Waals surface area contributed by atoms with Crippen LogP contribution in [0.2, 0.25) is 10.0 Å². The van der Waals surface area contributed by atoms with Crippen molar-refractivity contribution in [2.45, 2.75) is 11.1 Å². The molecule has 0 N–H and O–H groups in total. The van der Waals surface area contributed by atoms with Crippen molar-refractivity contribution < 1.29 is 26.4 Å². The van der Waals surface area contributed by atoms with E-state index in [2.05, 4.69) is 0 Å². The van der Waals surface area contributed by atoms with E-state index in [9.17, 15) is 26.4 Å². The van der Waals surface area contributed by atoms with Gasteiger partial charge in [0.1, 0.15) is 11.4 Å². The Hall–Kier alpha value is -1.48. The molecule has 0 heterocycles. The molecule has 0 radical (unpaired) electrons. The third-order valence-electron chi connectivity index (χ3n) is 3.19. The lowest BCUT2D eigenvalue weighted by Crippen LogP contribution is -2.35. The van der Waals surface area contributed by atoms with Crippen molar-refractivity contribution in [3.63, 3.8) is 0 Å². The topological polar surface area (TPSA) is 54.5 Å². The average Bonchev–Trinajstić information content (AvgIpc) is 2.54. The molecule has 2 aromatic rings. The summed E-state index contributed by atoms with van der Waals surface area (Å²) in [6, 6.07) is 7.05. The first-order chi connectivity index (χ1) is 11.9. The van der Waals surface area contributed by atoms with E-state index in [1.807, 2.05) is 0 Å². The quantitative estimate of drug-likeness (QED) is 0.609. The number of sulfonamides is 1. The maximum Gasteiger partial charge on any atom is 0.416 e. The van der Waals surface area contributed by atoms with Gasteiger partial charge in [0.15, 0.2) is 0 Å². The molecule has 0 fully saturated rings. The highest BCUT2D eigenvalue weighted by Crippen LogP contribution is 2.35. The van der Waals surface area contributed by atoms with Crippen molar-refractivity contribution in [1.82, 2.24) is 0 Å². The number of rotatable bonds is 5. The van der Waals surface area contributed by atoms with Crippen LogP contribution in [0.25, 0.3) is 0 Å². The number of carbonyl (C=O) groups excluding carboxylic acids is 1. The Morgan fingerprint density at radius 1 is 1.08 bits per heavy atom. The first kappa shape index (κ1) is 20.8. The average molecular weight is 447 g/mol. The molecule has 11 heteroatoms. The van der Waals surface area contributed by atoms with E-state index < -0.39 is 44.1 Å². The van der Waals surface area contributed by atoms with E-state index in [4.69, 9.17) is 34.8 Å². The molecule has 0 aliphatic heterocycles. The van der Waals surface area contributed by atoms with Crippen molar-refractivity contribution in [1.29, 1.82) is 0 Å². The van der Waals surface area contributed by atoms with Crippen molar-refractivity contribution in [2.24, 2.45) is 0 Å². The molecule has 0 saturated carbocycles. The number of anilines is 1. The summed E-state index contributed by atoms with van der Waals surface area (Å²) in [5.74, 6) is 0. The third-order valence-corrected chi connectivity index (χ3v) is 5.80. The summed E-state index contributed by atoms with van der Waals surface area (Å²) in [6.07, 6.45) is -4.70. The first-order valence-electron chi connectivity index (χ1n) is 6.76. The van der Waals surface area contributed by atoms with Gasteiger partial charge in [0, 0.05) is 5.02 Å². The lowest BCUT2D eigenvalue weighted by Gasteiger charge is -2.24. The molecule has 0 aliphatic rings. The lowest BCUT2D eigenvalue weighted by atomic mass is 10.2. The van der Waals surface area contributed by atoms with Gasteiger partial charge >= 0.3 is 6.18 Å². The standard InChI is InChI=1S/C15H9Cl3F3NO3S/c16-10-4-5-12(17)13(7-10)26(24,25)22(8-14(18)23)11-3-1-2-9(6-11)15(19,20)21/h1-7H,8H2. The molecule has 0 bridgehead atoms. The van der Waals surface area contributed by atoms with Gasteiger partial charge in [-0.25, -0.2) is 8.42 Å². The van der Waals surface area contributed by atoms with E-state index in [1.165, 1.54) is 12.1 Å². The van der Waals surface area contributed by atoms with Crippen LogP contribution in [0.4, 0.5) is 18.9 Å². The van der Waals surface area contributed by atoms with Gasteiger partial charge in [-0.3, -0.25) is 9.10 Å². The van der Waals surface area contributed by atoms with E-state index in [0.717, 1.165) is 24.3 Å². The molecule has 0 amide bonds. The predicted octanol–water partition coefficient (Wildman–Crippen LogP) is 4.97. The van der Waals surface area contributed by atoms with E-state index in [0.29, 0.717) is 10.4 Å². The van der Waals surface area contributed by atoms with Crippen LogP contribution in [-0.4, -0.2) is 20.2 Å². The molecule has 0 aliphatic carbocycles. The molecule has 2 aromatic carbocycles. The highest BCUT2D eigenvalue weighted by atomic mass is 35.5. The summed E-state index contributed by atoms with van der Waals surface area (Å²) >= 11 is 17.0. The predicted molar refractivity (Wildman–Crippen MR) is 93.3 cm³/mol. The maximum absolute atomic E-state index is 12.9. The minimum absolute atomic E-state index is 0.0363. The molecule has 140 valence electrons. The first-order valence-corrected chi connectivity index (χ1v) is 9.33. The zero-order valence-electron chi connectivity index (χ0n) is 12.6. The summed E-state index contributed by atoms with van der Waals surface area (Å²) in [7, 11) is -4.52. The van der Waals surface area contributed by atoms with Crippen molar-refractivity contribution in [3.05, 3.63) is 58.1 Å². The fourth-order valence-electron chi connectivity index (χ4n) is 2.06. The Morgan fingerprint density at radius 3 is 2.31 bits per heavy atom. The Balaban J connectivity index is 2.65. The molecule has 4 nitrogen and oxygen atoms in total. The Bertz CT molecular complexity index is 949. The SMILES string of the molecule is O=C(Cl)CN(c1cccc(C(F)(F)F)c1)S(=O)(=O)c1cc(Cl)ccc1Cl. The van der Waals surface area contributed by atoms with Crippen LogP contribution in [0, 0.1) is 0 Å². The number of alkyl halides is 3. The minimum Gasteiger partial charge on any atom is -0.279 e. The molecule has 0 unspecified atom stereocenters. The Kier molecular flexibility index (Phi) is 6.12. The highest BCUT2D eigenvalue weighted by molar-refractivity contribution is 7.93. The van der Waals surface area contributed by atoms with Crippen molar-refractivity contribution in [2.75, 3.05) is 10.8 Å². The largest absolute Gasteiger partial charge is 0.416 e. The van der Waals surface area contributed by atoms with Gasteiger partial charge in [0.2, 0.25) is 5.24 Å². The van der Waals surface area contributed by atoms with Gasteiger partial charge < -0.3 is 0 Å². The van der Waals surface area contributed by atoms with E-state index in [-0.39, 0.29) is 10.0 Å². The normalized spacial score (nSPS) is 12.1. The summed E-state index contributed by atoms with van der Waals surface area (Å²) in [5.41, 5.74) is -1.49. The van der Waals surface area contributed by atoms with Crippen LogP contribution >= 0.6 is 34.8 Å². The summed E-state index contributed by atoms with van der Waals surface area (Å²) in [6.45, 7) is -0.895. The third kappa shape index (κ3) is 4.62. The number of nitrogens with zero attached hydrogens (tertiary/aromatic N) is 1.